The lowest BCUT2D eigenvalue weighted by Crippen LogP contribution is -2.38. The van der Waals surface area contributed by atoms with Crippen molar-refractivity contribution in [3.8, 4) is 11.3 Å². The summed E-state index contributed by atoms with van der Waals surface area (Å²) >= 11 is 0. The number of carbonyl (C=O) groups is 3. The van der Waals surface area contributed by atoms with E-state index in [0.29, 0.717) is 34.9 Å². The highest BCUT2D eigenvalue weighted by Crippen LogP contribution is 2.24. The van der Waals surface area contributed by atoms with Crippen LogP contribution in [0.4, 0.5) is 16.3 Å². The number of aromatic nitrogens is 1. The first-order valence-electron chi connectivity index (χ1n) is 14.1. The van der Waals surface area contributed by atoms with E-state index in [2.05, 4.69) is 22.5 Å². The predicted molar refractivity (Wildman–Crippen MR) is 166 cm³/mol. The monoisotopic (exact) mass is 564 g/mol. The molecular formula is C34H36N4O4. The first-order valence-corrected chi connectivity index (χ1v) is 14.1. The minimum atomic E-state index is -1.02. The molecule has 3 N–H and O–H groups in total. The van der Waals surface area contributed by atoms with Gasteiger partial charge in [-0.2, -0.15) is 0 Å². The second-order valence-electron chi connectivity index (χ2n) is 10.1. The number of rotatable bonds is 13. The van der Waals surface area contributed by atoms with Gasteiger partial charge in [0.1, 0.15) is 11.9 Å². The van der Waals surface area contributed by atoms with Crippen molar-refractivity contribution in [1.82, 2.24) is 10.3 Å². The predicted octanol–water partition coefficient (Wildman–Crippen LogP) is 6.42. The second kappa shape index (κ2) is 14.6. The Bertz CT molecular complexity index is 1510. The number of ketones is 1. The largest absolute Gasteiger partial charge is 0.480 e. The zero-order valence-electron chi connectivity index (χ0n) is 23.9. The van der Waals surface area contributed by atoms with Crippen LogP contribution in [0.5, 0.6) is 0 Å². The average Bonchev–Trinajstić information content (AvgIpc) is 3.03. The lowest BCUT2D eigenvalue weighted by Gasteiger charge is -2.19. The first-order chi connectivity index (χ1) is 20.4. The molecule has 4 aromatic rings. The normalized spacial score (nSPS) is 11.4. The van der Waals surface area contributed by atoms with Gasteiger partial charge in [-0.05, 0) is 36.2 Å². The van der Waals surface area contributed by atoms with Crippen molar-refractivity contribution in [2.45, 2.75) is 38.6 Å². The number of benzene rings is 3. The summed E-state index contributed by atoms with van der Waals surface area (Å²) in [5, 5.41) is 16.0. The van der Waals surface area contributed by atoms with Gasteiger partial charge in [0, 0.05) is 42.4 Å². The molecule has 0 spiro atoms. The van der Waals surface area contributed by atoms with E-state index >= 15 is 0 Å². The van der Waals surface area contributed by atoms with Gasteiger partial charge in [0.05, 0.1) is 5.69 Å². The Hall–Kier alpha value is -4.98. The highest BCUT2D eigenvalue weighted by Gasteiger charge is 2.21. The van der Waals surface area contributed by atoms with Crippen molar-refractivity contribution in [3.63, 3.8) is 0 Å². The van der Waals surface area contributed by atoms with E-state index in [4.69, 9.17) is 0 Å². The summed E-state index contributed by atoms with van der Waals surface area (Å²) in [7, 11) is 1.69. The van der Waals surface area contributed by atoms with Crippen LogP contribution < -0.4 is 15.5 Å². The average molecular weight is 565 g/mol. The van der Waals surface area contributed by atoms with E-state index in [-0.39, 0.29) is 18.2 Å². The van der Waals surface area contributed by atoms with Crippen molar-refractivity contribution in [2.75, 3.05) is 23.8 Å². The Kier molecular flexibility index (Phi) is 10.4. The van der Waals surface area contributed by atoms with Gasteiger partial charge in [0.15, 0.2) is 5.78 Å². The molecule has 3 aromatic carbocycles. The van der Waals surface area contributed by atoms with E-state index < -0.39 is 12.0 Å². The molecule has 0 fully saturated rings. The molecule has 1 unspecified atom stereocenters. The van der Waals surface area contributed by atoms with Crippen LogP contribution in [0, 0.1) is 0 Å². The lowest BCUT2D eigenvalue weighted by atomic mass is 9.99. The molecule has 0 radical (unpaired) electrons. The maximum Gasteiger partial charge on any atom is 0.326 e. The molecule has 4 rings (SSSR count). The van der Waals surface area contributed by atoms with Crippen LogP contribution >= 0.6 is 0 Å². The zero-order valence-corrected chi connectivity index (χ0v) is 23.9. The van der Waals surface area contributed by atoms with Crippen LogP contribution in [0.1, 0.15) is 47.7 Å². The van der Waals surface area contributed by atoms with Crippen LogP contribution in [0.25, 0.3) is 11.3 Å². The highest BCUT2D eigenvalue weighted by molar-refractivity contribution is 6.12. The van der Waals surface area contributed by atoms with E-state index in [1.54, 1.807) is 61.6 Å². The number of carbonyl (C=O) groups excluding carboxylic acids is 2. The standard InChI is InChI=1S/C34H36N4O4/c1-3-4-10-22-35-34(42)38(2)31-17-11-16-28(37-31)25-20-18-24(19-21-25)23-30(33(40)41)36-29-15-9-8-14-27(29)32(39)26-12-6-5-7-13-26/h5-9,11-21,30,36H,3-4,10,22-23H2,1-2H3,(H,35,42)(H,40,41). The molecule has 0 bridgehead atoms. The third-order valence-electron chi connectivity index (χ3n) is 6.96. The molecule has 1 heterocycles. The molecular weight excluding hydrogens is 528 g/mol. The molecule has 0 aliphatic carbocycles. The first kappa shape index (κ1) is 30.0. The summed E-state index contributed by atoms with van der Waals surface area (Å²) in [4.78, 5) is 44.0. The maximum atomic E-state index is 13.1. The maximum absolute atomic E-state index is 13.1. The molecule has 216 valence electrons. The fourth-order valence-electron chi connectivity index (χ4n) is 4.55. The smallest absolute Gasteiger partial charge is 0.326 e. The number of carboxylic acids is 1. The molecule has 8 heteroatoms. The van der Waals surface area contributed by atoms with Crippen LogP contribution in [-0.4, -0.2) is 47.5 Å². The van der Waals surface area contributed by atoms with Gasteiger partial charge in [-0.3, -0.25) is 9.69 Å². The number of urea groups is 1. The minimum absolute atomic E-state index is 0.179. The second-order valence-corrected chi connectivity index (χ2v) is 10.1. The Morgan fingerprint density at radius 3 is 2.29 bits per heavy atom. The molecule has 8 nitrogen and oxygen atoms in total. The van der Waals surface area contributed by atoms with E-state index in [1.807, 2.05) is 42.5 Å². The van der Waals surface area contributed by atoms with Crippen LogP contribution in [0.3, 0.4) is 0 Å². The van der Waals surface area contributed by atoms with Crippen LogP contribution in [0.15, 0.2) is 97.1 Å². The van der Waals surface area contributed by atoms with Crippen molar-refractivity contribution >= 4 is 29.3 Å². The summed E-state index contributed by atoms with van der Waals surface area (Å²) in [6, 6.07) is 27.7. The zero-order chi connectivity index (χ0) is 29.9. The Balaban J connectivity index is 1.45. The number of anilines is 2. The minimum Gasteiger partial charge on any atom is -0.480 e. The number of pyridine rings is 1. The van der Waals surface area contributed by atoms with Crippen molar-refractivity contribution in [2.24, 2.45) is 0 Å². The SMILES string of the molecule is CCCCCNC(=O)N(C)c1cccc(-c2ccc(CC(Nc3ccccc3C(=O)c3ccccc3)C(=O)O)cc2)n1. The number of amides is 2. The van der Waals surface area contributed by atoms with Crippen molar-refractivity contribution < 1.29 is 19.5 Å². The number of nitrogens with one attached hydrogen (secondary N) is 2. The number of hydrogen-bond donors (Lipinski definition) is 3. The number of para-hydroxylation sites is 1. The van der Waals surface area contributed by atoms with E-state index in [9.17, 15) is 19.5 Å². The third kappa shape index (κ3) is 7.81. The summed E-state index contributed by atoms with van der Waals surface area (Å²) in [5.74, 6) is -0.670. The van der Waals surface area contributed by atoms with Gasteiger partial charge in [0.2, 0.25) is 0 Å². The van der Waals surface area contributed by atoms with Crippen molar-refractivity contribution in [3.05, 3.63) is 114 Å². The molecule has 0 saturated heterocycles. The van der Waals surface area contributed by atoms with Gasteiger partial charge in [-0.1, -0.05) is 92.6 Å². The number of nitrogens with zero attached hydrogens (tertiary/aromatic N) is 2. The summed E-state index contributed by atoms with van der Waals surface area (Å²) in [5.41, 5.74) is 3.77. The molecule has 42 heavy (non-hydrogen) atoms. The van der Waals surface area contributed by atoms with Crippen LogP contribution in [0.2, 0.25) is 0 Å². The Labute approximate surface area is 246 Å². The van der Waals surface area contributed by atoms with Crippen LogP contribution in [-0.2, 0) is 11.2 Å². The molecule has 2 amide bonds. The quantitative estimate of drug-likeness (QED) is 0.128. The van der Waals surface area contributed by atoms with Gasteiger partial charge in [-0.15, -0.1) is 0 Å². The van der Waals surface area contributed by atoms with Gasteiger partial charge < -0.3 is 15.7 Å². The number of aliphatic carboxylic acids is 1. The topological polar surface area (TPSA) is 112 Å². The Morgan fingerprint density at radius 1 is 0.857 bits per heavy atom. The Morgan fingerprint density at radius 2 is 1.57 bits per heavy atom. The highest BCUT2D eigenvalue weighted by atomic mass is 16.4. The van der Waals surface area contributed by atoms with Gasteiger partial charge in [0.25, 0.3) is 0 Å². The molecule has 0 aliphatic heterocycles. The van der Waals surface area contributed by atoms with E-state index in [0.717, 1.165) is 30.4 Å². The fraction of sp³-hybridized carbons (Fsp3) is 0.235. The lowest BCUT2D eigenvalue weighted by molar-refractivity contribution is -0.137. The number of hydrogen-bond acceptors (Lipinski definition) is 5. The number of unbranched alkanes of at least 4 members (excludes halogenated alkanes) is 2. The third-order valence-corrected chi connectivity index (χ3v) is 6.96. The summed E-state index contributed by atoms with van der Waals surface area (Å²) in [6.45, 7) is 2.74. The summed E-state index contributed by atoms with van der Waals surface area (Å²) in [6.07, 6.45) is 3.30. The fourth-order valence-corrected chi connectivity index (χ4v) is 4.55. The van der Waals surface area contributed by atoms with E-state index in [1.165, 1.54) is 4.90 Å². The van der Waals surface area contributed by atoms with Gasteiger partial charge >= 0.3 is 12.0 Å². The number of carboxylic acid groups (broad SMARTS) is 1. The van der Waals surface area contributed by atoms with Gasteiger partial charge in [-0.25, -0.2) is 14.6 Å². The molecule has 0 saturated carbocycles. The summed E-state index contributed by atoms with van der Waals surface area (Å²) < 4.78 is 0. The molecule has 0 aliphatic rings. The molecule has 1 aromatic heterocycles. The van der Waals surface area contributed by atoms with Crippen molar-refractivity contribution in [1.29, 1.82) is 0 Å². The molecule has 1 atom stereocenters.